The summed E-state index contributed by atoms with van der Waals surface area (Å²) in [5.74, 6) is 2.47. The molecule has 1 aliphatic heterocycles. The zero-order valence-corrected chi connectivity index (χ0v) is 17.6. The van der Waals surface area contributed by atoms with E-state index in [1.54, 1.807) is 14.2 Å². The van der Waals surface area contributed by atoms with Gasteiger partial charge >= 0.3 is 0 Å². The minimum atomic E-state index is 0.127. The molecule has 1 unspecified atom stereocenters. The number of hydrogen-bond acceptors (Lipinski definition) is 5. The van der Waals surface area contributed by atoms with Crippen LogP contribution in [0.15, 0.2) is 23.2 Å². The molecule has 3 N–H and O–H groups in total. The van der Waals surface area contributed by atoms with Crippen LogP contribution in [0, 0.1) is 0 Å². The number of anilines is 1. The van der Waals surface area contributed by atoms with E-state index in [4.69, 9.17) is 9.47 Å². The molecule has 1 saturated heterocycles. The Bertz CT molecular complexity index is 605. The monoisotopic (exact) mass is 377 g/mol. The molecule has 1 aliphatic rings. The van der Waals surface area contributed by atoms with Gasteiger partial charge in [0, 0.05) is 68.7 Å². The summed E-state index contributed by atoms with van der Waals surface area (Å²) in [6, 6.07) is 6.35. The van der Waals surface area contributed by atoms with Gasteiger partial charge < -0.3 is 30.3 Å². The Kier molecular flexibility index (Phi) is 7.59. The lowest BCUT2D eigenvalue weighted by Crippen LogP contribution is -2.47. The quantitative estimate of drug-likeness (QED) is 0.383. The average molecular weight is 378 g/mol. The highest BCUT2D eigenvalue weighted by Crippen LogP contribution is 2.30. The summed E-state index contributed by atoms with van der Waals surface area (Å²) in [6.45, 7) is 10.1. The van der Waals surface area contributed by atoms with Gasteiger partial charge in [-0.25, -0.2) is 0 Å². The number of hydrogen-bond donors (Lipinski definition) is 3. The molecule has 0 aliphatic carbocycles. The van der Waals surface area contributed by atoms with Crippen molar-refractivity contribution >= 4 is 11.6 Å². The number of nitrogens with one attached hydrogen (secondary N) is 3. The highest BCUT2D eigenvalue weighted by atomic mass is 16.5. The van der Waals surface area contributed by atoms with Gasteiger partial charge in [-0.15, -0.1) is 0 Å². The molecular weight excluding hydrogens is 342 g/mol. The number of nitrogens with zero attached hydrogens (tertiary/aromatic N) is 2. The van der Waals surface area contributed by atoms with Crippen molar-refractivity contribution in [1.29, 1.82) is 0 Å². The Morgan fingerprint density at radius 2 is 1.81 bits per heavy atom. The molecule has 7 nitrogen and oxygen atoms in total. The van der Waals surface area contributed by atoms with Crippen molar-refractivity contribution in [2.75, 3.05) is 52.3 Å². The fraction of sp³-hybridized carbons (Fsp3) is 0.650. The van der Waals surface area contributed by atoms with E-state index in [1.165, 1.54) is 0 Å². The summed E-state index contributed by atoms with van der Waals surface area (Å²) in [5.41, 5.74) is 1.25. The lowest BCUT2D eigenvalue weighted by atomic mass is 10.1. The second kappa shape index (κ2) is 9.69. The normalized spacial score (nSPS) is 17.8. The predicted octanol–water partition coefficient (Wildman–Crippen LogP) is 1.84. The second-order valence-electron chi connectivity index (χ2n) is 7.82. The maximum Gasteiger partial charge on any atom is 0.191 e. The third kappa shape index (κ3) is 6.82. The molecule has 1 aromatic rings. The van der Waals surface area contributed by atoms with E-state index < -0.39 is 0 Å². The first kappa shape index (κ1) is 21.2. The van der Waals surface area contributed by atoms with Gasteiger partial charge in [-0.1, -0.05) is 0 Å². The standard InChI is InChI=1S/C20H35N5O2/c1-20(2,3)23-9-8-22-19(21-4)24-15-7-10-25(14-15)16-11-17(26-5)13-18(12-16)27-6/h11-13,15,23H,7-10,14H2,1-6H3,(H2,21,22,24). The lowest BCUT2D eigenvalue weighted by molar-refractivity contribution is 0.394. The summed E-state index contributed by atoms with van der Waals surface area (Å²) < 4.78 is 10.8. The van der Waals surface area contributed by atoms with Crippen LogP contribution in [0.4, 0.5) is 5.69 Å². The van der Waals surface area contributed by atoms with E-state index in [1.807, 2.05) is 13.1 Å². The van der Waals surface area contributed by atoms with E-state index in [9.17, 15) is 0 Å². The first-order valence-electron chi connectivity index (χ1n) is 9.55. The molecule has 0 amide bonds. The summed E-state index contributed by atoms with van der Waals surface area (Å²) >= 11 is 0. The van der Waals surface area contributed by atoms with Gasteiger partial charge in [-0.05, 0) is 27.2 Å². The van der Waals surface area contributed by atoms with Gasteiger partial charge in [0.25, 0.3) is 0 Å². The molecular formula is C20H35N5O2. The highest BCUT2D eigenvalue weighted by Gasteiger charge is 2.24. The summed E-state index contributed by atoms with van der Waals surface area (Å²) in [4.78, 5) is 6.69. The molecule has 1 aromatic carbocycles. The van der Waals surface area contributed by atoms with Crippen LogP contribution in [0.25, 0.3) is 0 Å². The van der Waals surface area contributed by atoms with Crippen molar-refractivity contribution in [3.05, 3.63) is 18.2 Å². The molecule has 0 radical (unpaired) electrons. The minimum Gasteiger partial charge on any atom is -0.497 e. The Hall–Kier alpha value is -2.15. The third-order valence-corrected chi connectivity index (χ3v) is 4.53. The highest BCUT2D eigenvalue weighted by molar-refractivity contribution is 5.80. The van der Waals surface area contributed by atoms with Crippen LogP contribution in [-0.2, 0) is 0 Å². The molecule has 0 bridgehead atoms. The van der Waals surface area contributed by atoms with E-state index in [2.05, 4.69) is 58.7 Å². The summed E-state index contributed by atoms with van der Waals surface area (Å²) in [6.07, 6.45) is 1.06. The van der Waals surface area contributed by atoms with Gasteiger partial charge in [-0.3, -0.25) is 4.99 Å². The van der Waals surface area contributed by atoms with Crippen molar-refractivity contribution in [2.24, 2.45) is 4.99 Å². The van der Waals surface area contributed by atoms with E-state index >= 15 is 0 Å². The zero-order chi connectivity index (χ0) is 19.9. The van der Waals surface area contributed by atoms with Gasteiger partial charge in [0.05, 0.1) is 14.2 Å². The first-order chi connectivity index (χ1) is 12.8. The Labute approximate surface area is 163 Å². The largest absolute Gasteiger partial charge is 0.497 e. The third-order valence-electron chi connectivity index (χ3n) is 4.53. The molecule has 1 fully saturated rings. The molecule has 0 aromatic heterocycles. The fourth-order valence-electron chi connectivity index (χ4n) is 3.09. The maximum absolute atomic E-state index is 5.39. The van der Waals surface area contributed by atoms with Crippen LogP contribution in [0.3, 0.4) is 0 Å². The minimum absolute atomic E-state index is 0.127. The van der Waals surface area contributed by atoms with Crippen molar-refractivity contribution in [3.63, 3.8) is 0 Å². The van der Waals surface area contributed by atoms with Crippen molar-refractivity contribution in [2.45, 2.75) is 38.8 Å². The number of guanidine groups is 1. The second-order valence-corrected chi connectivity index (χ2v) is 7.82. The Morgan fingerprint density at radius 1 is 1.15 bits per heavy atom. The SMILES string of the molecule is CN=C(NCCNC(C)(C)C)NC1CCN(c2cc(OC)cc(OC)c2)C1. The lowest BCUT2D eigenvalue weighted by Gasteiger charge is -2.23. The van der Waals surface area contributed by atoms with Crippen molar-refractivity contribution < 1.29 is 9.47 Å². The predicted molar refractivity (Wildman–Crippen MR) is 112 cm³/mol. The van der Waals surface area contributed by atoms with Gasteiger partial charge in [0.1, 0.15) is 11.5 Å². The summed E-state index contributed by atoms with van der Waals surface area (Å²) in [7, 11) is 5.17. The van der Waals surface area contributed by atoms with E-state index in [0.717, 1.165) is 55.7 Å². The maximum atomic E-state index is 5.39. The van der Waals surface area contributed by atoms with Crippen LogP contribution in [0.5, 0.6) is 11.5 Å². The summed E-state index contributed by atoms with van der Waals surface area (Å²) in [5, 5.41) is 10.4. The van der Waals surface area contributed by atoms with Crippen molar-refractivity contribution in [1.82, 2.24) is 16.0 Å². The van der Waals surface area contributed by atoms with Crippen LogP contribution in [-0.4, -0.2) is 65.0 Å². The van der Waals surface area contributed by atoms with Crippen LogP contribution < -0.4 is 30.3 Å². The van der Waals surface area contributed by atoms with Gasteiger partial charge in [-0.2, -0.15) is 0 Å². The molecule has 2 rings (SSSR count). The van der Waals surface area contributed by atoms with Gasteiger partial charge in [0.15, 0.2) is 5.96 Å². The number of methoxy groups -OCH3 is 2. The van der Waals surface area contributed by atoms with E-state index in [0.29, 0.717) is 6.04 Å². The fourth-order valence-corrected chi connectivity index (χ4v) is 3.09. The molecule has 0 saturated carbocycles. The number of aliphatic imine (C=N–C) groups is 1. The number of benzene rings is 1. The Balaban J connectivity index is 1.86. The van der Waals surface area contributed by atoms with Crippen molar-refractivity contribution in [3.8, 4) is 11.5 Å². The topological polar surface area (TPSA) is 70.2 Å². The smallest absolute Gasteiger partial charge is 0.191 e. The molecule has 1 heterocycles. The zero-order valence-electron chi connectivity index (χ0n) is 17.6. The molecule has 7 heteroatoms. The first-order valence-corrected chi connectivity index (χ1v) is 9.55. The van der Waals surface area contributed by atoms with Crippen LogP contribution in [0.2, 0.25) is 0 Å². The van der Waals surface area contributed by atoms with E-state index in [-0.39, 0.29) is 5.54 Å². The number of ether oxygens (including phenoxy) is 2. The van der Waals surface area contributed by atoms with Crippen LogP contribution in [0.1, 0.15) is 27.2 Å². The number of rotatable bonds is 7. The Morgan fingerprint density at radius 3 is 2.37 bits per heavy atom. The average Bonchev–Trinajstić information content (AvgIpc) is 3.11. The molecule has 0 spiro atoms. The van der Waals surface area contributed by atoms with Gasteiger partial charge in [0.2, 0.25) is 0 Å². The molecule has 152 valence electrons. The molecule has 1 atom stereocenters. The van der Waals surface area contributed by atoms with Crippen LogP contribution >= 0.6 is 0 Å². The molecule has 27 heavy (non-hydrogen) atoms.